The highest BCUT2D eigenvalue weighted by Crippen LogP contribution is 2.16. The maximum absolute atomic E-state index is 12.1. The Labute approximate surface area is 142 Å². The molecule has 128 valence electrons. The molecule has 0 heterocycles. The van der Waals surface area contributed by atoms with E-state index in [9.17, 15) is 13.2 Å². The van der Waals surface area contributed by atoms with Gasteiger partial charge in [0.25, 0.3) is 5.91 Å². The quantitative estimate of drug-likeness (QED) is 0.786. The number of nitrogen functional groups attached to an aromatic ring is 1. The van der Waals surface area contributed by atoms with Gasteiger partial charge in [-0.05, 0) is 62.2 Å². The van der Waals surface area contributed by atoms with Crippen LogP contribution in [0.3, 0.4) is 0 Å². The summed E-state index contributed by atoms with van der Waals surface area (Å²) in [5.74, 6) is -0.223. The monoisotopic (exact) mass is 346 g/mol. The standard InChI is InChI=1S/C18H22N2O3S/c1-13(2)24(22,23)17-9-5-15(6-10-17)18(21)20-12-11-14-3-7-16(19)8-4-14/h3-10,13H,11-12,19H2,1-2H3,(H,20,21). The molecule has 2 aromatic carbocycles. The molecular formula is C18H22N2O3S. The molecule has 6 heteroatoms. The van der Waals surface area contributed by atoms with Crippen LogP contribution in [0.25, 0.3) is 0 Å². The fourth-order valence-corrected chi connectivity index (χ4v) is 3.23. The lowest BCUT2D eigenvalue weighted by atomic mass is 10.1. The molecule has 1 amide bonds. The highest BCUT2D eigenvalue weighted by atomic mass is 32.2. The van der Waals surface area contributed by atoms with Crippen molar-refractivity contribution in [3.63, 3.8) is 0 Å². The molecular weight excluding hydrogens is 324 g/mol. The van der Waals surface area contributed by atoms with Gasteiger partial charge in [0.05, 0.1) is 10.1 Å². The lowest BCUT2D eigenvalue weighted by Gasteiger charge is -2.09. The van der Waals surface area contributed by atoms with Gasteiger partial charge in [-0.3, -0.25) is 4.79 Å². The van der Waals surface area contributed by atoms with E-state index in [0.29, 0.717) is 24.2 Å². The third kappa shape index (κ3) is 4.35. The van der Waals surface area contributed by atoms with Crippen molar-refractivity contribution in [3.8, 4) is 0 Å². The Morgan fingerprint density at radius 3 is 2.17 bits per heavy atom. The van der Waals surface area contributed by atoms with Gasteiger partial charge in [-0.15, -0.1) is 0 Å². The van der Waals surface area contributed by atoms with Crippen LogP contribution in [0.5, 0.6) is 0 Å². The molecule has 5 nitrogen and oxygen atoms in total. The summed E-state index contributed by atoms with van der Waals surface area (Å²) in [7, 11) is -3.32. The van der Waals surface area contributed by atoms with E-state index in [2.05, 4.69) is 5.32 Å². The molecule has 0 fully saturated rings. The van der Waals surface area contributed by atoms with Crippen molar-refractivity contribution in [1.29, 1.82) is 0 Å². The third-order valence-corrected chi connectivity index (χ3v) is 5.92. The van der Waals surface area contributed by atoms with Crippen LogP contribution in [0.1, 0.15) is 29.8 Å². The van der Waals surface area contributed by atoms with Crippen molar-refractivity contribution >= 4 is 21.4 Å². The van der Waals surface area contributed by atoms with E-state index in [4.69, 9.17) is 5.73 Å². The predicted molar refractivity (Wildman–Crippen MR) is 95.7 cm³/mol. The van der Waals surface area contributed by atoms with E-state index in [0.717, 1.165) is 5.56 Å². The van der Waals surface area contributed by atoms with Crippen LogP contribution in [0.4, 0.5) is 5.69 Å². The Morgan fingerprint density at radius 2 is 1.62 bits per heavy atom. The highest BCUT2D eigenvalue weighted by molar-refractivity contribution is 7.92. The molecule has 0 atom stereocenters. The summed E-state index contributed by atoms with van der Waals surface area (Å²) in [6, 6.07) is 13.5. The molecule has 0 radical (unpaired) electrons. The number of rotatable bonds is 6. The van der Waals surface area contributed by atoms with E-state index >= 15 is 0 Å². The molecule has 0 aliphatic carbocycles. The van der Waals surface area contributed by atoms with Crippen molar-refractivity contribution in [2.24, 2.45) is 0 Å². The lowest BCUT2D eigenvalue weighted by Crippen LogP contribution is -2.25. The fraction of sp³-hybridized carbons (Fsp3) is 0.278. The second kappa shape index (κ2) is 7.49. The molecule has 0 unspecified atom stereocenters. The van der Waals surface area contributed by atoms with Crippen molar-refractivity contribution in [3.05, 3.63) is 59.7 Å². The fourth-order valence-electron chi connectivity index (χ4n) is 2.17. The Hall–Kier alpha value is -2.34. The molecule has 0 saturated carbocycles. The molecule has 2 rings (SSSR count). The number of anilines is 1. The predicted octanol–water partition coefficient (Wildman–Crippen LogP) is 2.42. The maximum Gasteiger partial charge on any atom is 0.251 e. The third-order valence-electron chi connectivity index (χ3n) is 3.74. The van der Waals surface area contributed by atoms with Gasteiger partial charge in [-0.2, -0.15) is 0 Å². The zero-order valence-electron chi connectivity index (χ0n) is 13.8. The second-order valence-corrected chi connectivity index (χ2v) is 8.37. The summed E-state index contributed by atoms with van der Waals surface area (Å²) in [4.78, 5) is 12.3. The Morgan fingerprint density at radius 1 is 1.04 bits per heavy atom. The number of amides is 1. The number of nitrogens with one attached hydrogen (secondary N) is 1. The first-order valence-corrected chi connectivity index (χ1v) is 9.32. The van der Waals surface area contributed by atoms with E-state index < -0.39 is 15.1 Å². The van der Waals surface area contributed by atoms with Gasteiger partial charge in [0.2, 0.25) is 0 Å². The number of carbonyl (C=O) groups excluding carboxylic acids is 1. The van der Waals surface area contributed by atoms with Crippen LogP contribution >= 0.6 is 0 Å². The summed E-state index contributed by atoms with van der Waals surface area (Å²) < 4.78 is 24.1. The summed E-state index contributed by atoms with van der Waals surface area (Å²) >= 11 is 0. The van der Waals surface area contributed by atoms with Crippen LogP contribution in [0.2, 0.25) is 0 Å². The molecule has 0 bridgehead atoms. The summed E-state index contributed by atoms with van der Waals surface area (Å²) in [5.41, 5.74) is 7.86. The smallest absolute Gasteiger partial charge is 0.251 e. The van der Waals surface area contributed by atoms with Crippen LogP contribution in [0, 0.1) is 0 Å². The van der Waals surface area contributed by atoms with Gasteiger partial charge in [0.1, 0.15) is 0 Å². The number of carbonyl (C=O) groups is 1. The van der Waals surface area contributed by atoms with E-state index in [1.165, 1.54) is 24.3 Å². The van der Waals surface area contributed by atoms with Gasteiger partial charge in [0, 0.05) is 17.8 Å². The van der Waals surface area contributed by atoms with E-state index in [1.807, 2.05) is 24.3 Å². The van der Waals surface area contributed by atoms with Gasteiger partial charge in [-0.25, -0.2) is 8.42 Å². The summed E-state index contributed by atoms with van der Waals surface area (Å²) in [6.07, 6.45) is 0.700. The van der Waals surface area contributed by atoms with Crippen molar-refractivity contribution in [1.82, 2.24) is 5.32 Å². The van der Waals surface area contributed by atoms with E-state index in [-0.39, 0.29) is 10.8 Å². The molecule has 0 aliphatic rings. The number of nitrogens with two attached hydrogens (primary N) is 1. The minimum Gasteiger partial charge on any atom is -0.399 e. The topological polar surface area (TPSA) is 89.3 Å². The zero-order valence-corrected chi connectivity index (χ0v) is 14.6. The normalized spacial score (nSPS) is 11.5. The summed E-state index contributed by atoms with van der Waals surface area (Å²) in [5, 5.41) is 2.33. The second-order valence-electron chi connectivity index (χ2n) is 5.87. The van der Waals surface area contributed by atoms with Crippen LogP contribution in [0.15, 0.2) is 53.4 Å². The number of sulfone groups is 1. The first-order valence-electron chi connectivity index (χ1n) is 7.77. The van der Waals surface area contributed by atoms with Crippen molar-refractivity contribution in [2.75, 3.05) is 12.3 Å². The first-order chi connectivity index (χ1) is 11.3. The molecule has 0 aliphatic heterocycles. The van der Waals surface area contributed by atoms with Crippen molar-refractivity contribution in [2.45, 2.75) is 30.4 Å². The first kappa shape index (κ1) is 18.0. The molecule has 3 N–H and O–H groups in total. The minimum absolute atomic E-state index is 0.223. The van der Waals surface area contributed by atoms with Gasteiger partial charge >= 0.3 is 0 Å². The van der Waals surface area contributed by atoms with E-state index in [1.54, 1.807) is 13.8 Å². The molecule has 0 saturated heterocycles. The molecule has 0 aromatic heterocycles. The number of benzene rings is 2. The average molecular weight is 346 g/mol. The Kier molecular flexibility index (Phi) is 5.62. The molecule has 24 heavy (non-hydrogen) atoms. The molecule has 2 aromatic rings. The largest absolute Gasteiger partial charge is 0.399 e. The Bertz CT molecular complexity index is 795. The number of hydrogen-bond donors (Lipinski definition) is 2. The average Bonchev–Trinajstić information content (AvgIpc) is 2.56. The SMILES string of the molecule is CC(C)S(=O)(=O)c1ccc(C(=O)NCCc2ccc(N)cc2)cc1. The lowest BCUT2D eigenvalue weighted by molar-refractivity contribution is 0.0954. The zero-order chi connectivity index (χ0) is 17.7. The van der Waals surface area contributed by atoms with Gasteiger partial charge in [0.15, 0.2) is 9.84 Å². The van der Waals surface area contributed by atoms with Crippen LogP contribution < -0.4 is 11.1 Å². The number of hydrogen-bond acceptors (Lipinski definition) is 4. The maximum atomic E-state index is 12.1. The van der Waals surface area contributed by atoms with Crippen LogP contribution in [-0.2, 0) is 16.3 Å². The van der Waals surface area contributed by atoms with Crippen molar-refractivity contribution < 1.29 is 13.2 Å². The van der Waals surface area contributed by atoms with Gasteiger partial charge in [-0.1, -0.05) is 12.1 Å². The Balaban J connectivity index is 1.94. The molecule has 0 spiro atoms. The summed E-state index contributed by atoms with van der Waals surface area (Å²) in [6.45, 7) is 3.76. The minimum atomic E-state index is -3.32. The van der Waals surface area contributed by atoms with Crippen LogP contribution in [-0.4, -0.2) is 26.1 Å². The highest BCUT2D eigenvalue weighted by Gasteiger charge is 2.19. The van der Waals surface area contributed by atoms with Gasteiger partial charge < -0.3 is 11.1 Å².